The minimum Gasteiger partial charge on any atom is -0.477 e. The zero-order valence-electron chi connectivity index (χ0n) is 11.1. The Morgan fingerprint density at radius 3 is 2.85 bits per heavy atom. The molecule has 0 unspecified atom stereocenters. The first kappa shape index (κ1) is 12.6. The molecule has 102 valence electrons. The number of nitrogens with zero attached hydrogens (tertiary/aromatic N) is 2. The number of esters is 1. The van der Waals surface area contributed by atoms with Gasteiger partial charge in [-0.2, -0.15) is 4.98 Å². The van der Waals surface area contributed by atoms with Crippen LogP contribution in [0.3, 0.4) is 0 Å². The Balaban J connectivity index is 2.10. The number of carbonyl (C=O) groups excluding carboxylic acids is 1. The van der Waals surface area contributed by atoms with Gasteiger partial charge in [0.1, 0.15) is 0 Å². The third kappa shape index (κ3) is 2.22. The van der Waals surface area contributed by atoms with E-state index in [9.17, 15) is 4.79 Å². The molecule has 1 aliphatic rings. The van der Waals surface area contributed by atoms with E-state index in [-0.39, 0.29) is 0 Å². The van der Waals surface area contributed by atoms with Crippen molar-refractivity contribution < 1.29 is 14.3 Å². The summed E-state index contributed by atoms with van der Waals surface area (Å²) in [5.41, 5.74) is 1.90. The predicted octanol–water partition coefficient (Wildman–Crippen LogP) is 2.26. The predicted molar refractivity (Wildman–Crippen MR) is 72.6 cm³/mol. The molecule has 0 atom stereocenters. The van der Waals surface area contributed by atoms with Crippen LogP contribution in [0.2, 0.25) is 0 Å². The first-order valence-electron chi connectivity index (χ1n) is 6.56. The van der Waals surface area contributed by atoms with Gasteiger partial charge in [-0.25, -0.2) is 9.78 Å². The number of aromatic nitrogens is 2. The highest BCUT2D eigenvalue weighted by molar-refractivity contribution is 5.90. The number of hydrogen-bond acceptors (Lipinski definition) is 5. The van der Waals surface area contributed by atoms with Crippen LogP contribution in [0.5, 0.6) is 5.88 Å². The van der Waals surface area contributed by atoms with Gasteiger partial charge in [-0.1, -0.05) is 30.3 Å². The lowest BCUT2D eigenvalue weighted by molar-refractivity contribution is 0.0518. The van der Waals surface area contributed by atoms with Crippen molar-refractivity contribution in [3.63, 3.8) is 0 Å². The first-order chi connectivity index (χ1) is 9.79. The van der Waals surface area contributed by atoms with Crippen molar-refractivity contribution in [2.75, 3.05) is 13.2 Å². The average molecular weight is 270 g/mol. The van der Waals surface area contributed by atoms with Crippen LogP contribution in [0.25, 0.3) is 11.4 Å². The van der Waals surface area contributed by atoms with Crippen LogP contribution in [0.15, 0.2) is 30.3 Å². The first-order valence-corrected chi connectivity index (χ1v) is 6.56. The third-order valence-electron chi connectivity index (χ3n) is 3.06. The monoisotopic (exact) mass is 270 g/mol. The lowest BCUT2D eigenvalue weighted by Crippen LogP contribution is -2.11. The summed E-state index contributed by atoms with van der Waals surface area (Å²) in [4.78, 5) is 20.8. The molecule has 1 aromatic carbocycles. The SMILES string of the molecule is CCOC(=O)c1nc(-c2ccccc2)nc2c1CCO2. The fraction of sp³-hybridized carbons (Fsp3) is 0.267. The van der Waals surface area contributed by atoms with Crippen molar-refractivity contribution in [2.45, 2.75) is 13.3 Å². The minimum absolute atomic E-state index is 0.313. The second-order valence-electron chi connectivity index (χ2n) is 4.36. The average Bonchev–Trinajstić information content (AvgIpc) is 2.95. The molecule has 0 aliphatic carbocycles. The van der Waals surface area contributed by atoms with Crippen LogP contribution in [0, 0.1) is 0 Å². The molecule has 2 heterocycles. The van der Waals surface area contributed by atoms with E-state index in [0.717, 1.165) is 11.1 Å². The lowest BCUT2D eigenvalue weighted by Gasteiger charge is -2.08. The second kappa shape index (κ2) is 5.28. The Morgan fingerprint density at radius 1 is 1.30 bits per heavy atom. The van der Waals surface area contributed by atoms with E-state index in [1.54, 1.807) is 6.92 Å². The molecule has 5 nitrogen and oxygen atoms in total. The molecule has 0 saturated carbocycles. The molecule has 2 aromatic rings. The summed E-state index contributed by atoms with van der Waals surface area (Å²) in [5, 5.41) is 0. The summed E-state index contributed by atoms with van der Waals surface area (Å²) in [7, 11) is 0. The molecule has 0 fully saturated rings. The van der Waals surface area contributed by atoms with Crippen LogP contribution < -0.4 is 4.74 Å². The van der Waals surface area contributed by atoms with E-state index >= 15 is 0 Å². The Morgan fingerprint density at radius 2 is 2.10 bits per heavy atom. The highest BCUT2D eigenvalue weighted by Crippen LogP contribution is 2.28. The van der Waals surface area contributed by atoms with Gasteiger partial charge in [0, 0.05) is 12.0 Å². The van der Waals surface area contributed by atoms with Crippen LogP contribution in [0.1, 0.15) is 23.0 Å². The summed E-state index contributed by atoms with van der Waals surface area (Å²) >= 11 is 0. The van der Waals surface area contributed by atoms with Crippen LogP contribution in [0.4, 0.5) is 0 Å². The fourth-order valence-corrected chi connectivity index (χ4v) is 2.14. The minimum atomic E-state index is -0.422. The smallest absolute Gasteiger partial charge is 0.357 e. The van der Waals surface area contributed by atoms with E-state index in [0.29, 0.717) is 37.0 Å². The van der Waals surface area contributed by atoms with E-state index < -0.39 is 5.97 Å². The molecule has 20 heavy (non-hydrogen) atoms. The molecule has 1 aromatic heterocycles. The molecule has 0 radical (unpaired) electrons. The van der Waals surface area contributed by atoms with Crippen molar-refractivity contribution >= 4 is 5.97 Å². The van der Waals surface area contributed by atoms with Crippen molar-refractivity contribution in [3.05, 3.63) is 41.6 Å². The molecular weight excluding hydrogens is 256 g/mol. The molecule has 0 bridgehead atoms. The largest absolute Gasteiger partial charge is 0.477 e. The number of ether oxygens (including phenoxy) is 2. The normalized spacial score (nSPS) is 12.7. The van der Waals surface area contributed by atoms with E-state index in [1.165, 1.54) is 0 Å². The summed E-state index contributed by atoms with van der Waals surface area (Å²) < 4.78 is 10.5. The molecule has 0 spiro atoms. The van der Waals surface area contributed by atoms with Crippen molar-refractivity contribution in [3.8, 4) is 17.3 Å². The van der Waals surface area contributed by atoms with Gasteiger partial charge < -0.3 is 9.47 Å². The Kier molecular flexibility index (Phi) is 3.33. The maximum atomic E-state index is 12.0. The zero-order chi connectivity index (χ0) is 13.9. The fourth-order valence-electron chi connectivity index (χ4n) is 2.14. The van der Waals surface area contributed by atoms with Gasteiger partial charge in [0.25, 0.3) is 0 Å². The van der Waals surface area contributed by atoms with E-state index in [1.807, 2.05) is 30.3 Å². The van der Waals surface area contributed by atoms with Gasteiger partial charge in [-0.3, -0.25) is 0 Å². The standard InChI is InChI=1S/C15H14N2O3/c1-2-19-15(18)12-11-8-9-20-14(11)17-13(16-12)10-6-4-3-5-7-10/h3-7H,2,8-9H2,1H3. The van der Waals surface area contributed by atoms with Gasteiger partial charge in [0.2, 0.25) is 5.88 Å². The summed E-state index contributed by atoms with van der Waals surface area (Å²) in [6.07, 6.45) is 0.637. The van der Waals surface area contributed by atoms with E-state index in [4.69, 9.17) is 9.47 Å². The lowest BCUT2D eigenvalue weighted by atomic mass is 10.1. The van der Waals surface area contributed by atoms with Gasteiger partial charge in [-0.15, -0.1) is 0 Å². The second-order valence-corrected chi connectivity index (χ2v) is 4.36. The number of rotatable bonds is 3. The molecular formula is C15H14N2O3. The van der Waals surface area contributed by atoms with Crippen molar-refractivity contribution in [1.82, 2.24) is 9.97 Å². The van der Waals surface area contributed by atoms with E-state index in [2.05, 4.69) is 9.97 Å². The Hall–Kier alpha value is -2.43. The number of hydrogen-bond donors (Lipinski definition) is 0. The molecule has 1 aliphatic heterocycles. The molecule has 3 rings (SSSR count). The summed E-state index contributed by atoms with van der Waals surface area (Å²) in [6, 6.07) is 9.50. The van der Waals surface area contributed by atoms with Gasteiger partial charge in [0.05, 0.1) is 18.8 Å². The van der Waals surface area contributed by atoms with Gasteiger partial charge >= 0.3 is 5.97 Å². The topological polar surface area (TPSA) is 61.3 Å². The van der Waals surface area contributed by atoms with Crippen molar-refractivity contribution in [2.24, 2.45) is 0 Å². The molecule has 0 N–H and O–H groups in total. The maximum Gasteiger partial charge on any atom is 0.357 e. The third-order valence-corrected chi connectivity index (χ3v) is 3.06. The maximum absolute atomic E-state index is 12.0. The summed E-state index contributed by atoms with van der Waals surface area (Å²) in [6.45, 7) is 2.61. The number of carbonyl (C=O) groups is 1. The van der Waals surface area contributed by atoms with Crippen LogP contribution >= 0.6 is 0 Å². The van der Waals surface area contributed by atoms with Crippen LogP contribution in [-0.2, 0) is 11.2 Å². The van der Waals surface area contributed by atoms with Crippen molar-refractivity contribution in [1.29, 1.82) is 0 Å². The molecule has 0 saturated heterocycles. The van der Waals surface area contributed by atoms with Gasteiger partial charge in [-0.05, 0) is 6.92 Å². The van der Waals surface area contributed by atoms with Crippen LogP contribution in [-0.4, -0.2) is 29.2 Å². The highest BCUT2D eigenvalue weighted by atomic mass is 16.5. The quantitative estimate of drug-likeness (QED) is 0.800. The molecule has 0 amide bonds. The number of fused-ring (bicyclic) bond motifs is 1. The highest BCUT2D eigenvalue weighted by Gasteiger charge is 2.26. The Bertz CT molecular complexity index is 641. The number of benzene rings is 1. The zero-order valence-corrected chi connectivity index (χ0v) is 11.1. The Labute approximate surface area is 116 Å². The summed E-state index contributed by atoms with van der Waals surface area (Å²) in [5.74, 6) is 0.546. The molecule has 5 heteroatoms. The van der Waals surface area contributed by atoms with Gasteiger partial charge in [0.15, 0.2) is 11.5 Å².